The predicted molar refractivity (Wildman–Crippen MR) is 88.5 cm³/mol. The molecule has 1 aliphatic heterocycles. The fourth-order valence-electron chi connectivity index (χ4n) is 2.93. The number of hydrogen-bond acceptors (Lipinski definition) is 3. The van der Waals surface area contributed by atoms with Crippen LogP contribution in [0, 0.1) is 0 Å². The lowest BCUT2D eigenvalue weighted by molar-refractivity contribution is 0.0821. The molecule has 1 heterocycles. The lowest BCUT2D eigenvalue weighted by Crippen LogP contribution is -2.48. The summed E-state index contributed by atoms with van der Waals surface area (Å²) in [6.45, 7) is 2.21. The lowest BCUT2D eigenvalue weighted by atomic mass is 9.94. The molecule has 0 aromatic heterocycles. The first-order valence-corrected chi connectivity index (χ1v) is 7.78. The van der Waals surface area contributed by atoms with Crippen LogP contribution in [0.1, 0.15) is 17.5 Å². The van der Waals surface area contributed by atoms with Crippen LogP contribution in [-0.2, 0) is 13.0 Å². The van der Waals surface area contributed by atoms with Crippen molar-refractivity contribution in [2.45, 2.75) is 25.4 Å². The van der Waals surface area contributed by atoms with Gasteiger partial charge in [0.1, 0.15) is 11.5 Å². The van der Waals surface area contributed by atoms with E-state index in [1.807, 2.05) is 24.3 Å². The van der Waals surface area contributed by atoms with Crippen LogP contribution in [0.25, 0.3) is 0 Å². The number of methoxy groups -OCH3 is 2. The highest BCUT2D eigenvalue weighted by atomic mass is 16.5. The van der Waals surface area contributed by atoms with Gasteiger partial charge in [-0.3, -0.25) is 4.90 Å². The fourth-order valence-corrected chi connectivity index (χ4v) is 2.93. The van der Waals surface area contributed by atoms with Crippen LogP contribution in [0.2, 0.25) is 0 Å². The molecule has 1 aliphatic rings. The molecule has 1 atom stereocenters. The van der Waals surface area contributed by atoms with E-state index in [1.165, 1.54) is 24.1 Å². The number of rotatable bonds is 6. The van der Waals surface area contributed by atoms with Gasteiger partial charge in [-0.2, -0.15) is 0 Å². The largest absolute Gasteiger partial charge is 0.497 e. The van der Waals surface area contributed by atoms with Crippen LogP contribution in [0.5, 0.6) is 11.5 Å². The molecule has 3 rings (SSSR count). The Morgan fingerprint density at radius 2 is 1.41 bits per heavy atom. The van der Waals surface area contributed by atoms with E-state index in [0.717, 1.165) is 24.5 Å². The van der Waals surface area contributed by atoms with Crippen molar-refractivity contribution in [3.8, 4) is 11.5 Å². The Bertz CT molecular complexity index is 536. The molecule has 22 heavy (non-hydrogen) atoms. The predicted octanol–water partition coefficient (Wildman–Crippen LogP) is 3.52. The van der Waals surface area contributed by atoms with Crippen molar-refractivity contribution in [1.29, 1.82) is 0 Å². The second kappa shape index (κ2) is 6.84. The van der Waals surface area contributed by atoms with Gasteiger partial charge >= 0.3 is 0 Å². The molecule has 0 amide bonds. The van der Waals surface area contributed by atoms with Crippen molar-refractivity contribution in [1.82, 2.24) is 4.90 Å². The first kappa shape index (κ1) is 14.9. The van der Waals surface area contributed by atoms with Gasteiger partial charge < -0.3 is 9.47 Å². The van der Waals surface area contributed by atoms with Gasteiger partial charge in [0.2, 0.25) is 0 Å². The standard InChI is InChI=1S/C19H23NO2/c1-21-18-7-3-15(4-8-18)13-17-11-12-20(17)14-16-5-9-19(22-2)10-6-16/h3-10,17H,11-14H2,1-2H3. The summed E-state index contributed by atoms with van der Waals surface area (Å²) in [6, 6.07) is 17.5. The molecule has 3 nitrogen and oxygen atoms in total. The van der Waals surface area contributed by atoms with Crippen molar-refractivity contribution in [3.05, 3.63) is 59.7 Å². The molecular weight excluding hydrogens is 274 g/mol. The SMILES string of the molecule is COc1ccc(CC2CCN2Cc2ccc(OC)cc2)cc1. The zero-order chi connectivity index (χ0) is 15.4. The lowest BCUT2D eigenvalue weighted by Gasteiger charge is -2.41. The summed E-state index contributed by atoms with van der Waals surface area (Å²) in [6.07, 6.45) is 2.39. The summed E-state index contributed by atoms with van der Waals surface area (Å²) in [5.41, 5.74) is 2.73. The van der Waals surface area contributed by atoms with Crippen LogP contribution in [0.15, 0.2) is 48.5 Å². The summed E-state index contributed by atoms with van der Waals surface area (Å²) < 4.78 is 10.4. The molecule has 1 unspecified atom stereocenters. The van der Waals surface area contributed by atoms with E-state index in [0.29, 0.717) is 6.04 Å². The maximum atomic E-state index is 5.21. The van der Waals surface area contributed by atoms with E-state index in [4.69, 9.17) is 9.47 Å². The first-order chi connectivity index (χ1) is 10.8. The highest BCUT2D eigenvalue weighted by Crippen LogP contribution is 2.25. The summed E-state index contributed by atoms with van der Waals surface area (Å²) in [5, 5.41) is 0. The Hall–Kier alpha value is -2.00. The summed E-state index contributed by atoms with van der Waals surface area (Å²) >= 11 is 0. The number of nitrogens with zero attached hydrogens (tertiary/aromatic N) is 1. The van der Waals surface area contributed by atoms with Gasteiger partial charge in [0.05, 0.1) is 14.2 Å². The summed E-state index contributed by atoms with van der Waals surface area (Å²) in [4.78, 5) is 2.55. The monoisotopic (exact) mass is 297 g/mol. The Morgan fingerprint density at radius 1 is 0.864 bits per heavy atom. The van der Waals surface area contributed by atoms with E-state index in [-0.39, 0.29) is 0 Å². The smallest absolute Gasteiger partial charge is 0.118 e. The number of benzene rings is 2. The van der Waals surface area contributed by atoms with Crippen LogP contribution >= 0.6 is 0 Å². The Balaban J connectivity index is 1.56. The molecule has 1 fully saturated rings. The zero-order valence-corrected chi connectivity index (χ0v) is 13.3. The van der Waals surface area contributed by atoms with Crippen LogP contribution in [0.3, 0.4) is 0 Å². The van der Waals surface area contributed by atoms with E-state index in [9.17, 15) is 0 Å². The maximum absolute atomic E-state index is 5.21. The van der Waals surface area contributed by atoms with E-state index in [2.05, 4.69) is 29.2 Å². The number of ether oxygens (including phenoxy) is 2. The quantitative estimate of drug-likeness (QED) is 0.814. The minimum atomic E-state index is 0.649. The molecule has 0 aliphatic carbocycles. The van der Waals surface area contributed by atoms with E-state index in [1.54, 1.807) is 14.2 Å². The molecule has 0 N–H and O–H groups in total. The third kappa shape index (κ3) is 3.42. The molecule has 116 valence electrons. The van der Waals surface area contributed by atoms with Crippen molar-refractivity contribution in [3.63, 3.8) is 0 Å². The summed E-state index contributed by atoms with van der Waals surface area (Å²) in [7, 11) is 3.41. The minimum absolute atomic E-state index is 0.649. The third-order valence-electron chi connectivity index (χ3n) is 4.44. The van der Waals surface area contributed by atoms with Crippen LogP contribution < -0.4 is 9.47 Å². The topological polar surface area (TPSA) is 21.7 Å². The molecule has 2 aromatic carbocycles. The van der Waals surface area contributed by atoms with Gasteiger partial charge in [-0.15, -0.1) is 0 Å². The van der Waals surface area contributed by atoms with Gasteiger partial charge in [-0.25, -0.2) is 0 Å². The van der Waals surface area contributed by atoms with Crippen LogP contribution in [-0.4, -0.2) is 31.7 Å². The van der Waals surface area contributed by atoms with Crippen molar-refractivity contribution >= 4 is 0 Å². The average Bonchev–Trinajstić information content (AvgIpc) is 2.57. The second-order valence-corrected chi connectivity index (χ2v) is 5.81. The summed E-state index contributed by atoms with van der Waals surface area (Å²) in [5.74, 6) is 1.84. The molecule has 2 aromatic rings. The van der Waals surface area contributed by atoms with E-state index >= 15 is 0 Å². The Kier molecular flexibility index (Phi) is 4.64. The van der Waals surface area contributed by atoms with Crippen LogP contribution in [0.4, 0.5) is 0 Å². The third-order valence-corrected chi connectivity index (χ3v) is 4.44. The molecule has 0 saturated carbocycles. The fraction of sp³-hybridized carbons (Fsp3) is 0.368. The van der Waals surface area contributed by atoms with Crippen molar-refractivity contribution < 1.29 is 9.47 Å². The molecule has 3 heteroatoms. The van der Waals surface area contributed by atoms with Gasteiger partial charge in [0.25, 0.3) is 0 Å². The normalized spacial score (nSPS) is 17.8. The zero-order valence-electron chi connectivity index (χ0n) is 13.3. The van der Waals surface area contributed by atoms with Crippen molar-refractivity contribution in [2.24, 2.45) is 0 Å². The molecular formula is C19H23NO2. The minimum Gasteiger partial charge on any atom is -0.497 e. The second-order valence-electron chi connectivity index (χ2n) is 5.81. The number of hydrogen-bond donors (Lipinski definition) is 0. The van der Waals surface area contributed by atoms with Gasteiger partial charge in [0.15, 0.2) is 0 Å². The first-order valence-electron chi connectivity index (χ1n) is 7.78. The van der Waals surface area contributed by atoms with E-state index < -0.39 is 0 Å². The Labute approximate surface area is 132 Å². The highest BCUT2D eigenvalue weighted by Gasteiger charge is 2.27. The Morgan fingerprint density at radius 3 is 1.86 bits per heavy atom. The van der Waals surface area contributed by atoms with Gasteiger partial charge in [-0.05, 0) is 48.2 Å². The molecule has 0 bridgehead atoms. The molecule has 0 spiro atoms. The maximum Gasteiger partial charge on any atom is 0.118 e. The molecule has 0 radical (unpaired) electrons. The molecule has 1 saturated heterocycles. The number of likely N-dealkylation sites (tertiary alicyclic amines) is 1. The van der Waals surface area contributed by atoms with Crippen molar-refractivity contribution in [2.75, 3.05) is 20.8 Å². The van der Waals surface area contributed by atoms with Gasteiger partial charge in [-0.1, -0.05) is 24.3 Å². The average molecular weight is 297 g/mol. The highest BCUT2D eigenvalue weighted by molar-refractivity contribution is 5.29. The van der Waals surface area contributed by atoms with Gasteiger partial charge in [0, 0.05) is 19.1 Å².